The minimum atomic E-state index is -0.0640. The number of hydrogen-bond donors (Lipinski definition) is 0. The Balaban J connectivity index is 1.62. The number of fused-ring (bicyclic) bond motifs is 3. The number of nitrogens with zero attached hydrogens (tertiary/aromatic N) is 2. The molecule has 1 unspecified atom stereocenters. The van der Waals surface area contributed by atoms with Gasteiger partial charge in [0.05, 0.1) is 0 Å². The van der Waals surface area contributed by atoms with Crippen LogP contribution in [0.2, 0.25) is 0 Å². The van der Waals surface area contributed by atoms with Crippen LogP contribution in [-0.2, 0) is 13.0 Å². The van der Waals surface area contributed by atoms with Gasteiger partial charge in [0.25, 0.3) is 0 Å². The van der Waals surface area contributed by atoms with E-state index in [4.69, 9.17) is 0 Å². The Bertz CT molecular complexity index is 951. The van der Waals surface area contributed by atoms with Gasteiger partial charge in [-0.2, -0.15) is 0 Å². The van der Waals surface area contributed by atoms with Crippen LogP contribution in [0.25, 0.3) is 10.9 Å². The lowest BCUT2D eigenvalue weighted by Gasteiger charge is -2.39. The molecule has 1 aromatic carbocycles. The molecule has 28 heavy (non-hydrogen) atoms. The predicted molar refractivity (Wildman–Crippen MR) is 114 cm³/mol. The molecule has 0 radical (unpaired) electrons. The first-order chi connectivity index (χ1) is 13.6. The standard InChI is InChI=1S/C25H31FN2/c1-17-7-12-24-21(15-17)22-16-27(2)14-13-25(22)28(24)23-6-4-3-5-20(23)18-8-10-19(26)11-9-18/h7-8,10-12,15,18,20,23H,3-6,9,13-14,16H2,1-2H3/t18?,20-,23+/m0/s1. The molecule has 1 aromatic heterocycles. The maximum Gasteiger partial charge on any atom is 0.118 e. The minimum Gasteiger partial charge on any atom is -0.341 e. The molecule has 3 atom stereocenters. The summed E-state index contributed by atoms with van der Waals surface area (Å²) in [5.74, 6) is 1.01. The molecule has 2 aromatic rings. The van der Waals surface area contributed by atoms with Gasteiger partial charge in [0.15, 0.2) is 0 Å². The van der Waals surface area contributed by atoms with Gasteiger partial charge in [0, 0.05) is 42.1 Å². The first kappa shape index (κ1) is 18.2. The van der Waals surface area contributed by atoms with E-state index in [2.05, 4.69) is 47.7 Å². The Labute approximate surface area is 167 Å². The van der Waals surface area contributed by atoms with Gasteiger partial charge in [0.1, 0.15) is 5.83 Å². The second-order valence-electron chi connectivity index (χ2n) is 9.17. The molecule has 0 saturated heterocycles. The van der Waals surface area contributed by atoms with E-state index in [1.807, 2.05) is 0 Å². The number of aromatic nitrogens is 1. The van der Waals surface area contributed by atoms with Crippen molar-refractivity contribution in [2.45, 2.75) is 58.0 Å². The largest absolute Gasteiger partial charge is 0.341 e. The van der Waals surface area contributed by atoms with Crippen molar-refractivity contribution in [2.24, 2.45) is 11.8 Å². The molecule has 1 aliphatic heterocycles. The van der Waals surface area contributed by atoms with Crippen molar-refractivity contribution >= 4 is 10.9 Å². The highest BCUT2D eigenvalue weighted by Crippen LogP contribution is 2.45. The van der Waals surface area contributed by atoms with E-state index in [-0.39, 0.29) is 5.83 Å². The zero-order valence-corrected chi connectivity index (χ0v) is 17.1. The smallest absolute Gasteiger partial charge is 0.118 e. The minimum absolute atomic E-state index is 0.0640. The average Bonchev–Trinajstić information content (AvgIpc) is 3.01. The number of allylic oxidation sites excluding steroid dienone is 4. The topological polar surface area (TPSA) is 8.17 Å². The van der Waals surface area contributed by atoms with Crippen molar-refractivity contribution in [3.8, 4) is 0 Å². The maximum atomic E-state index is 13.6. The van der Waals surface area contributed by atoms with Crippen LogP contribution < -0.4 is 0 Å². The number of halogens is 1. The molecule has 5 rings (SSSR count). The normalized spacial score (nSPS) is 28.4. The Morgan fingerprint density at radius 3 is 2.82 bits per heavy atom. The van der Waals surface area contributed by atoms with Gasteiger partial charge in [0.2, 0.25) is 0 Å². The number of rotatable bonds is 2. The van der Waals surface area contributed by atoms with E-state index >= 15 is 0 Å². The van der Waals surface area contributed by atoms with Crippen molar-refractivity contribution in [2.75, 3.05) is 13.6 Å². The molecule has 1 saturated carbocycles. The van der Waals surface area contributed by atoms with E-state index in [1.165, 1.54) is 42.1 Å². The highest BCUT2D eigenvalue weighted by atomic mass is 19.1. The van der Waals surface area contributed by atoms with Crippen LogP contribution in [0.4, 0.5) is 4.39 Å². The van der Waals surface area contributed by atoms with Gasteiger partial charge in [-0.1, -0.05) is 30.5 Å². The van der Waals surface area contributed by atoms with Gasteiger partial charge >= 0.3 is 0 Å². The monoisotopic (exact) mass is 378 g/mol. The summed E-state index contributed by atoms with van der Waals surface area (Å²) in [6, 6.07) is 7.55. The second-order valence-corrected chi connectivity index (χ2v) is 9.17. The SMILES string of the molecule is Cc1ccc2c(c1)c1c(n2[C@@H]2CCCC[C@H]2C2C=CC(F)=CC2)CCN(C)C1. The first-order valence-corrected chi connectivity index (χ1v) is 11.0. The van der Waals surface area contributed by atoms with Gasteiger partial charge < -0.3 is 9.47 Å². The summed E-state index contributed by atoms with van der Waals surface area (Å²) < 4.78 is 16.3. The zero-order chi connectivity index (χ0) is 19.3. The maximum absolute atomic E-state index is 13.6. The van der Waals surface area contributed by atoms with E-state index in [9.17, 15) is 4.39 Å². The molecule has 1 fully saturated rings. The summed E-state index contributed by atoms with van der Waals surface area (Å²) in [5.41, 5.74) is 5.88. The lowest BCUT2D eigenvalue weighted by Crippen LogP contribution is -2.32. The molecule has 0 bridgehead atoms. The fourth-order valence-corrected chi connectivity index (χ4v) is 5.91. The molecule has 2 aliphatic carbocycles. The lowest BCUT2D eigenvalue weighted by atomic mass is 9.74. The molecule has 148 valence electrons. The van der Waals surface area contributed by atoms with Crippen molar-refractivity contribution in [3.05, 3.63) is 59.1 Å². The van der Waals surface area contributed by atoms with Crippen LogP contribution >= 0.6 is 0 Å². The van der Waals surface area contributed by atoms with Gasteiger partial charge in [-0.05, 0) is 74.9 Å². The first-order valence-electron chi connectivity index (χ1n) is 11.0. The number of benzene rings is 1. The van der Waals surface area contributed by atoms with Crippen LogP contribution in [0, 0.1) is 18.8 Å². The Kier molecular flexibility index (Phi) is 4.66. The molecule has 2 heterocycles. The summed E-state index contributed by atoms with van der Waals surface area (Å²) in [4.78, 5) is 2.45. The summed E-state index contributed by atoms with van der Waals surface area (Å²) in [5, 5.41) is 1.45. The summed E-state index contributed by atoms with van der Waals surface area (Å²) in [7, 11) is 2.24. The lowest BCUT2D eigenvalue weighted by molar-refractivity contribution is 0.187. The van der Waals surface area contributed by atoms with Crippen LogP contribution in [0.3, 0.4) is 0 Å². The van der Waals surface area contributed by atoms with E-state index in [0.717, 1.165) is 25.9 Å². The summed E-state index contributed by atoms with van der Waals surface area (Å²) in [6.45, 7) is 4.39. The number of likely N-dealkylation sites (N-methyl/N-ethyl adjacent to an activating group) is 1. The molecular formula is C25H31FN2. The molecule has 2 nitrogen and oxygen atoms in total. The predicted octanol–water partition coefficient (Wildman–Crippen LogP) is 6.10. The third kappa shape index (κ3) is 3.04. The Hall–Kier alpha value is -1.87. The molecule has 0 N–H and O–H groups in total. The second kappa shape index (κ2) is 7.18. The van der Waals surface area contributed by atoms with Crippen molar-refractivity contribution in [3.63, 3.8) is 0 Å². The van der Waals surface area contributed by atoms with Crippen LogP contribution in [-0.4, -0.2) is 23.1 Å². The van der Waals surface area contributed by atoms with Crippen LogP contribution in [0.15, 0.2) is 42.3 Å². The molecule has 3 heteroatoms. The van der Waals surface area contributed by atoms with Crippen molar-refractivity contribution in [1.29, 1.82) is 0 Å². The van der Waals surface area contributed by atoms with Crippen LogP contribution in [0.1, 0.15) is 55.0 Å². The van der Waals surface area contributed by atoms with E-state index < -0.39 is 0 Å². The van der Waals surface area contributed by atoms with Crippen molar-refractivity contribution in [1.82, 2.24) is 9.47 Å². The third-order valence-corrected chi connectivity index (χ3v) is 7.29. The number of hydrogen-bond acceptors (Lipinski definition) is 1. The van der Waals surface area contributed by atoms with Crippen LogP contribution in [0.5, 0.6) is 0 Å². The molecule has 0 amide bonds. The van der Waals surface area contributed by atoms with Gasteiger partial charge in [-0.3, -0.25) is 0 Å². The highest BCUT2D eigenvalue weighted by molar-refractivity contribution is 5.86. The fourth-order valence-electron chi connectivity index (χ4n) is 5.91. The zero-order valence-electron chi connectivity index (χ0n) is 17.1. The summed E-state index contributed by atoms with van der Waals surface area (Å²) >= 11 is 0. The molecular weight excluding hydrogens is 347 g/mol. The van der Waals surface area contributed by atoms with Crippen molar-refractivity contribution < 1.29 is 4.39 Å². The van der Waals surface area contributed by atoms with Gasteiger partial charge in [-0.15, -0.1) is 0 Å². The fraction of sp³-hybridized carbons (Fsp3) is 0.520. The summed E-state index contributed by atoms with van der Waals surface area (Å²) in [6.07, 6.45) is 12.7. The highest BCUT2D eigenvalue weighted by Gasteiger charge is 2.35. The Morgan fingerprint density at radius 2 is 2.00 bits per heavy atom. The third-order valence-electron chi connectivity index (χ3n) is 7.29. The average molecular weight is 379 g/mol. The van der Waals surface area contributed by atoms with E-state index in [0.29, 0.717) is 17.9 Å². The molecule has 0 spiro atoms. The van der Waals surface area contributed by atoms with Gasteiger partial charge in [-0.25, -0.2) is 4.39 Å². The molecule has 3 aliphatic rings. The van der Waals surface area contributed by atoms with E-state index in [1.54, 1.807) is 23.4 Å². The quantitative estimate of drug-likeness (QED) is 0.613. The Morgan fingerprint density at radius 1 is 1.14 bits per heavy atom. The number of aryl methyl sites for hydroxylation is 1.